The lowest BCUT2D eigenvalue weighted by Crippen LogP contribution is -2.38. The number of methoxy groups -OCH3 is 2. The van der Waals surface area contributed by atoms with E-state index in [2.05, 4.69) is 0 Å². The van der Waals surface area contributed by atoms with E-state index in [0.717, 1.165) is 48.1 Å². The number of rotatable bonds is 6. The number of nitrogens with zero attached hydrogens (tertiary/aromatic N) is 3. The van der Waals surface area contributed by atoms with Crippen LogP contribution in [-0.2, 0) is 14.3 Å². The molecule has 31 heavy (non-hydrogen) atoms. The highest BCUT2D eigenvalue weighted by Gasteiger charge is 2.41. The summed E-state index contributed by atoms with van der Waals surface area (Å²) >= 11 is 1.50. The number of allylic oxidation sites excluding steroid dienone is 1. The second kappa shape index (κ2) is 9.18. The molecule has 1 aromatic carbocycles. The van der Waals surface area contributed by atoms with Gasteiger partial charge in [0.05, 0.1) is 38.0 Å². The Balaban J connectivity index is 1.73. The second-order valence-corrected chi connectivity index (χ2v) is 8.47. The molecule has 1 saturated heterocycles. The number of amides is 1. The Morgan fingerprint density at radius 3 is 2.48 bits per heavy atom. The van der Waals surface area contributed by atoms with Crippen LogP contribution in [0.25, 0.3) is 0 Å². The molecule has 1 amide bonds. The van der Waals surface area contributed by atoms with Gasteiger partial charge in [0.1, 0.15) is 5.75 Å². The zero-order valence-corrected chi connectivity index (χ0v) is 18.9. The van der Waals surface area contributed by atoms with E-state index in [0.29, 0.717) is 17.7 Å². The van der Waals surface area contributed by atoms with Crippen LogP contribution >= 0.6 is 11.8 Å². The minimum Gasteiger partial charge on any atom is -0.497 e. The summed E-state index contributed by atoms with van der Waals surface area (Å²) in [5, 5.41) is 2.77. The molecule has 1 fully saturated rings. The van der Waals surface area contributed by atoms with E-state index in [4.69, 9.17) is 14.5 Å². The van der Waals surface area contributed by atoms with Crippen LogP contribution in [0.4, 0.5) is 0 Å². The smallest absolute Gasteiger partial charge is 0.338 e. The van der Waals surface area contributed by atoms with Crippen molar-refractivity contribution in [2.45, 2.75) is 38.6 Å². The number of carbonyl (C=O) groups is 2. The van der Waals surface area contributed by atoms with Crippen molar-refractivity contribution >= 4 is 28.8 Å². The molecule has 0 saturated carbocycles. The van der Waals surface area contributed by atoms with Crippen LogP contribution in [-0.4, -0.2) is 54.2 Å². The zero-order valence-electron chi connectivity index (χ0n) is 18.1. The van der Waals surface area contributed by atoms with Gasteiger partial charge in [-0.2, -0.15) is 0 Å². The summed E-state index contributed by atoms with van der Waals surface area (Å²) in [6.45, 7) is 3.61. The fourth-order valence-corrected chi connectivity index (χ4v) is 5.18. The maximum absolute atomic E-state index is 12.9. The standard InChI is InChI=1S/C23H27N3O4S/c1-4-18-20(22(28)30-3)21(15-7-9-17(29-2)10-8-15)26-16(14-31-23(26)24-18)13-19(27)25-11-5-6-12-25/h7-10,14,21H,4-6,11-13H2,1-3H3/t21-/m1/s1. The predicted octanol–water partition coefficient (Wildman–Crippen LogP) is 3.85. The molecule has 3 heterocycles. The summed E-state index contributed by atoms with van der Waals surface area (Å²) in [6.07, 6.45) is 3.00. The van der Waals surface area contributed by atoms with Gasteiger partial charge in [0, 0.05) is 18.8 Å². The number of esters is 1. The number of ether oxygens (including phenoxy) is 2. The summed E-state index contributed by atoms with van der Waals surface area (Å²) in [6, 6.07) is 7.25. The molecule has 0 radical (unpaired) electrons. The van der Waals surface area contributed by atoms with E-state index in [9.17, 15) is 9.59 Å². The first-order chi connectivity index (χ1) is 15.1. The summed E-state index contributed by atoms with van der Waals surface area (Å²) in [5.41, 5.74) is 3.01. The van der Waals surface area contributed by atoms with E-state index >= 15 is 0 Å². The molecule has 4 rings (SSSR count). The average Bonchev–Trinajstić information content (AvgIpc) is 3.48. The molecule has 0 unspecified atom stereocenters. The Morgan fingerprint density at radius 1 is 1.16 bits per heavy atom. The maximum atomic E-state index is 12.9. The van der Waals surface area contributed by atoms with Crippen LogP contribution in [0.5, 0.6) is 5.75 Å². The average molecular weight is 442 g/mol. The van der Waals surface area contributed by atoms with Crippen molar-refractivity contribution in [2.75, 3.05) is 27.3 Å². The molecule has 0 aromatic heterocycles. The van der Waals surface area contributed by atoms with Crippen LogP contribution in [0, 0.1) is 0 Å². The van der Waals surface area contributed by atoms with Gasteiger partial charge in [0.15, 0.2) is 5.17 Å². The first-order valence-corrected chi connectivity index (χ1v) is 11.4. The molecule has 0 spiro atoms. The van der Waals surface area contributed by atoms with E-state index in [-0.39, 0.29) is 12.3 Å². The molecule has 1 aromatic rings. The number of benzene rings is 1. The molecule has 8 heteroatoms. The zero-order chi connectivity index (χ0) is 22.0. The van der Waals surface area contributed by atoms with E-state index in [1.54, 1.807) is 7.11 Å². The van der Waals surface area contributed by atoms with Gasteiger partial charge in [-0.1, -0.05) is 30.8 Å². The molecule has 0 aliphatic carbocycles. The Morgan fingerprint density at radius 2 is 1.87 bits per heavy atom. The fourth-order valence-electron chi connectivity index (χ4n) is 4.25. The molecule has 164 valence electrons. The Kier molecular flexibility index (Phi) is 6.36. The maximum Gasteiger partial charge on any atom is 0.338 e. The minimum absolute atomic E-state index is 0.115. The third-order valence-electron chi connectivity index (χ3n) is 5.85. The van der Waals surface area contributed by atoms with Gasteiger partial charge in [0.25, 0.3) is 0 Å². The normalized spacial score (nSPS) is 20.4. The number of thioether (sulfide) groups is 1. The van der Waals surface area contributed by atoms with Crippen molar-refractivity contribution in [2.24, 2.45) is 4.99 Å². The summed E-state index contributed by atoms with van der Waals surface area (Å²) < 4.78 is 10.5. The lowest BCUT2D eigenvalue weighted by Gasteiger charge is -2.36. The fraction of sp³-hybridized carbons (Fsp3) is 0.435. The van der Waals surface area contributed by atoms with Gasteiger partial charge in [-0.15, -0.1) is 0 Å². The Labute approximate surface area is 186 Å². The summed E-state index contributed by atoms with van der Waals surface area (Å²) in [4.78, 5) is 34.4. The van der Waals surface area contributed by atoms with Gasteiger partial charge in [-0.05, 0) is 42.4 Å². The van der Waals surface area contributed by atoms with Crippen LogP contribution in [0.15, 0.2) is 51.6 Å². The highest BCUT2D eigenvalue weighted by atomic mass is 32.2. The Hall–Kier alpha value is -2.74. The number of aliphatic imine (C=N–C) groups is 1. The number of amidine groups is 1. The molecule has 7 nitrogen and oxygen atoms in total. The first kappa shape index (κ1) is 21.5. The van der Waals surface area contributed by atoms with Gasteiger partial charge < -0.3 is 19.3 Å². The quantitative estimate of drug-likeness (QED) is 0.625. The highest BCUT2D eigenvalue weighted by Crippen LogP contribution is 2.45. The number of likely N-dealkylation sites (tertiary alicyclic amines) is 1. The van der Waals surface area contributed by atoms with Gasteiger partial charge in [0.2, 0.25) is 5.91 Å². The number of fused-ring (bicyclic) bond motifs is 1. The Bertz CT molecular complexity index is 962. The highest BCUT2D eigenvalue weighted by molar-refractivity contribution is 8.16. The molecular formula is C23H27N3O4S. The van der Waals surface area contributed by atoms with Crippen molar-refractivity contribution in [3.8, 4) is 5.75 Å². The van der Waals surface area contributed by atoms with Crippen molar-refractivity contribution in [1.82, 2.24) is 9.80 Å². The minimum atomic E-state index is -0.409. The number of hydrogen-bond acceptors (Lipinski definition) is 7. The number of carbonyl (C=O) groups excluding carboxylic acids is 2. The first-order valence-electron chi connectivity index (χ1n) is 10.5. The van der Waals surface area contributed by atoms with Crippen LogP contribution in [0.2, 0.25) is 0 Å². The van der Waals surface area contributed by atoms with E-state index < -0.39 is 12.0 Å². The van der Waals surface area contributed by atoms with Crippen LogP contribution < -0.4 is 4.74 Å². The molecular weight excluding hydrogens is 414 g/mol. The third kappa shape index (κ3) is 4.08. The predicted molar refractivity (Wildman–Crippen MR) is 120 cm³/mol. The van der Waals surface area contributed by atoms with Gasteiger partial charge in [-0.3, -0.25) is 4.79 Å². The molecule has 3 aliphatic rings. The van der Waals surface area contributed by atoms with E-state index in [1.165, 1.54) is 18.9 Å². The van der Waals surface area contributed by atoms with Crippen LogP contribution in [0.1, 0.15) is 44.2 Å². The van der Waals surface area contributed by atoms with Crippen molar-refractivity contribution in [3.05, 3.63) is 52.2 Å². The SMILES string of the molecule is CCC1=C(C(=O)OC)[C@@H](c2ccc(OC)cc2)N2C(CC(=O)N3CCCC3)=CSC2=N1. The van der Waals surface area contributed by atoms with Crippen molar-refractivity contribution < 1.29 is 19.1 Å². The van der Waals surface area contributed by atoms with E-state index in [1.807, 2.05) is 46.4 Å². The van der Waals surface area contributed by atoms with Gasteiger partial charge >= 0.3 is 5.97 Å². The van der Waals surface area contributed by atoms with Crippen molar-refractivity contribution in [1.29, 1.82) is 0 Å². The third-order valence-corrected chi connectivity index (χ3v) is 6.74. The molecule has 1 atom stereocenters. The van der Waals surface area contributed by atoms with Crippen molar-refractivity contribution in [3.63, 3.8) is 0 Å². The summed E-state index contributed by atoms with van der Waals surface area (Å²) in [5.74, 6) is 0.454. The lowest BCUT2D eigenvalue weighted by atomic mass is 9.92. The largest absolute Gasteiger partial charge is 0.497 e. The number of hydrogen-bond donors (Lipinski definition) is 0. The van der Waals surface area contributed by atoms with Gasteiger partial charge in [-0.25, -0.2) is 9.79 Å². The molecule has 0 N–H and O–H groups in total. The molecule has 3 aliphatic heterocycles. The van der Waals surface area contributed by atoms with Crippen LogP contribution in [0.3, 0.4) is 0 Å². The lowest BCUT2D eigenvalue weighted by molar-refractivity contribution is -0.136. The topological polar surface area (TPSA) is 71.4 Å². The second-order valence-electron chi connectivity index (χ2n) is 7.64. The monoisotopic (exact) mass is 441 g/mol. The molecule has 0 bridgehead atoms. The summed E-state index contributed by atoms with van der Waals surface area (Å²) in [7, 11) is 3.01.